The average Bonchev–Trinajstić information content (AvgIpc) is 2.46. The van der Waals surface area contributed by atoms with E-state index in [4.69, 9.17) is 10.7 Å². The number of unbranched alkanes of at least 4 members (excludes halogenated alkanes) is 3. The summed E-state index contributed by atoms with van der Waals surface area (Å²) in [5.74, 6) is 0.0569. The number of rotatable bonds is 10. The molecule has 0 aliphatic carbocycles. The van der Waals surface area contributed by atoms with Gasteiger partial charge < -0.3 is 10.6 Å². The van der Waals surface area contributed by atoms with Crippen LogP contribution in [0.15, 0.2) is 0 Å². The number of ketones is 1. The number of guanidine groups is 1. The third-order valence-corrected chi connectivity index (χ3v) is 3.32. The number of nitriles is 1. The predicted molar refractivity (Wildman–Crippen MR) is 89.7 cm³/mol. The molecule has 130 valence electrons. The average molecular weight is 323 g/mol. The Morgan fingerprint density at radius 3 is 2.09 bits per heavy atom. The first-order valence-corrected chi connectivity index (χ1v) is 8.05. The summed E-state index contributed by atoms with van der Waals surface area (Å²) in [6, 6.07) is 0. The lowest BCUT2D eigenvalue weighted by molar-refractivity contribution is -0.129. The molecule has 0 heterocycles. The molecule has 23 heavy (non-hydrogen) atoms. The van der Waals surface area contributed by atoms with Gasteiger partial charge in [0.1, 0.15) is 5.78 Å². The summed E-state index contributed by atoms with van der Waals surface area (Å²) in [6.07, 6.45) is 6.01. The van der Waals surface area contributed by atoms with E-state index in [1.165, 1.54) is 0 Å². The summed E-state index contributed by atoms with van der Waals surface area (Å²) in [6.45, 7) is 6.86. The van der Waals surface area contributed by atoms with Crippen LogP contribution < -0.4 is 16.0 Å². The monoisotopic (exact) mass is 323 g/mol. The number of amides is 1. The van der Waals surface area contributed by atoms with Crippen molar-refractivity contribution < 1.29 is 9.59 Å². The highest BCUT2D eigenvalue weighted by Crippen LogP contribution is 2.17. The molecule has 0 unspecified atom stereocenters. The number of nitrogens with zero attached hydrogens (tertiary/aromatic N) is 1. The third kappa shape index (κ3) is 12.2. The van der Waals surface area contributed by atoms with E-state index in [1.807, 2.05) is 20.8 Å². The second kappa shape index (κ2) is 11.5. The van der Waals surface area contributed by atoms with Crippen LogP contribution in [0.3, 0.4) is 0 Å². The Hall–Kier alpha value is -2.10. The molecular formula is C16H29N5O2. The highest BCUT2D eigenvalue weighted by molar-refractivity contribution is 5.88. The van der Waals surface area contributed by atoms with E-state index in [2.05, 4.69) is 16.0 Å². The number of hydrogen-bond acceptors (Lipinski definition) is 4. The number of nitrogens with one attached hydrogen (secondary N) is 4. The molecule has 0 aliphatic heterocycles. The number of carbonyl (C=O) groups is 2. The quantitative estimate of drug-likeness (QED) is 0.160. The highest BCUT2D eigenvalue weighted by atomic mass is 16.2. The van der Waals surface area contributed by atoms with Crippen LogP contribution in [0.1, 0.15) is 59.3 Å². The van der Waals surface area contributed by atoms with Crippen LogP contribution in [-0.2, 0) is 9.59 Å². The van der Waals surface area contributed by atoms with Crippen LogP contribution in [0.4, 0.5) is 0 Å². The van der Waals surface area contributed by atoms with Crippen molar-refractivity contribution in [1.82, 2.24) is 16.0 Å². The molecule has 0 bridgehead atoms. The lowest BCUT2D eigenvalue weighted by atomic mass is 9.88. The number of hydrogen-bond donors (Lipinski definition) is 4. The van der Waals surface area contributed by atoms with E-state index in [-0.39, 0.29) is 29.5 Å². The fourth-order valence-corrected chi connectivity index (χ4v) is 1.84. The van der Waals surface area contributed by atoms with E-state index >= 15 is 0 Å². The number of carbonyl (C=O) groups excluding carboxylic acids is 2. The molecule has 0 aromatic rings. The summed E-state index contributed by atoms with van der Waals surface area (Å²) < 4.78 is 0. The maximum Gasteiger partial charge on any atom is 0.220 e. The molecule has 7 nitrogen and oxygen atoms in total. The van der Waals surface area contributed by atoms with Gasteiger partial charge in [0.25, 0.3) is 0 Å². The van der Waals surface area contributed by atoms with Gasteiger partial charge in [-0.25, -0.2) is 0 Å². The van der Waals surface area contributed by atoms with Crippen molar-refractivity contribution in [3.05, 3.63) is 0 Å². The van der Waals surface area contributed by atoms with Crippen molar-refractivity contribution in [2.75, 3.05) is 13.1 Å². The molecule has 0 spiro atoms. The largest absolute Gasteiger partial charge is 0.356 e. The zero-order chi connectivity index (χ0) is 17.7. The summed E-state index contributed by atoms with van der Waals surface area (Å²) >= 11 is 0. The Morgan fingerprint density at radius 2 is 1.57 bits per heavy atom. The minimum atomic E-state index is -0.382. The summed E-state index contributed by atoms with van der Waals surface area (Å²) in [5.41, 5.74) is -0.382. The first-order chi connectivity index (χ1) is 10.8. The molecule has 4 N–H and O–H groups in total. The number of Topliss-reactive ketones (excluding diaryl/α,β-unsaturated/α-hetero) is 1. The van der Waals surface area contributed by atoms with Crippen LogP contribution in [0.2, 0.25) is 0 Å². The van der Waals surface area contributed by atoms with Crippen LogP contribution in [0.5, 0.6) is 0 Å². The Kier molecular flexibility index (Phi) is 10.4. The molecule has 0 aromatic carbocycles. The summed E-state index contributed by atoms with van der Waals surface area (Å²) in [5, 5.41) is 23.4. The molecule has 1 amide bonds. The Balaban J connectivity index is 3.48. The second-order valence-corrected chi connectivity index (χ2v) is 6.48. The SMILES string of the molecule is CC(C)(C)C(=O)CCC(=O)NCCCCCCNC(=N)NC#N. The zero-order valence-electron chi connectivity index (χ0n) is 14.4. The van der Waals surface area contributed by atoms with Gasteiger partial charge in [-0.1, -0.05) is 33.6 Å². The van der Waals surface area contributed by atoms with Crippen LogP contribution in [0.25, 0.3) is 0 Å². The van der Waals surface area contributed by atoms with Crippen molar-refractivity contribution in [1.29, 1.82) is 10.7 Å². The van der Waals surface area contributed by atoms with Crippen LogP contribution in [0, 0.1) is 22.3 Å². The van der Waals surface area contributed by atoms with Crippen LogP contribution >= 0.6 is 0 Å². The smallest absolute Gasteiger partial charge is 0.220 e. The standard InChI is InChI=1S/C16H29N5O2/c1-16(2,3)13(22)8-9-14(23)19-10-6-4-5-7-11-20-15(18)21-12-17/h4-11H2,1-3H3,(H,19,23)(H3,18,20,21). The fraction of sp³-hybridized carbons (Fsp3) is 0.750. The first kappa shape index (κ1) is 20.9. The highest BCUT2D eigenvalue weighted by Gasteiger charge is 2.21. The van der Waals surface area contributed by atoms with Gasteiger partial charge in [-0.05, 0) is 12.8 Å². The zero-order valence-corrected chi connectivity index (χ0v) is 14.4. The van der Waals surface area contributed by atoms with Gasteiger partial charge in [-0.3, -0.25) is 20.3 Å². The minimum Gasteiger partial charge on any atom is -0.356 e. The normalized spacial score (nSPS) is 10.5. The Morgan fingerprint density at radius 1 is 1.00 bits per heavy atom. The Bertz CT molecular complexity index is 435. The molecule has 0 saturated heterocycles. The molecule has 0 atom stereocenters. The molecule has 0 aromatic heterocycles. The van der Waals surface area contributed by atoms with E-state index in [1.54, 1.807) is 6.19 Å². The molecule has 7 heteroatoms. The van der Waals surface area contributed by atoms with Gasteiger partial charge >= 0.3 is 0 Å². The van der Waals surface area contributed by atoms with Gasteiger partial charge in [-0.15, -0.1) is 0 Å². The van der Waals surface area contributed by atoms with Gasteiger partial charge in [0.2, 0.25) is 11.9 Å². The topological polar surface area (TPSA) is 118 Å². The molecule has 0 aliphatic rings. The van der Waals surface area contributed by atoms with Gasteiger partial charge in [0.05, 0.1) is 0 Å². The van der Waals surface area contributed by atoms with E-state index < -0.39 is 0 Å². The molecule has 0 fully saturated rings. The fourth-order valence-electron chi connectivity index (χ4n) is 1.84. The lowest BCUT2D eigenvalue weighted by Gasteiger charge is -2.16. The Labute approximate surface area is 138 Å². The molecule has 0 rings (SSSR count). The maximum absolute atomic E-state index is 11.7. The lowest BCUT2D eigenvalue weighted by Crippen LogP contribution is -2.33. The van der Waals surface area contributed by atoms with Crippen molar-refractivity contribution in [2.24, 2.45) is 5.41 Å². The van der Waals surface area contributed by atoms with Crippen LogP contribution in [-0.4, -0.2) is 30.7 Å². The molecular weight excluding hydrogens is 294 g/mol. The van der Waals surface area contributed by atoms with Crippen molar-refractivity contribution in [3.63, 3.8) is 0 Å². The van der Waals surface area contributed by atoms with Gasteiger partial charge in [-0.2, -0.15) is 5.26 Å². The molecule has 0 saturated carbocycles. The third-order valence-electron chi connectivity index (χ3n) is 3.32. The minimum absolute atomic E-state index is 0.0181. The summed E-state index contributed by atoms with van der Waals surface area (Å²) in [4.78, 5) is 23.3. The predicted octanol–water partition coefficient (Wildman–Crippen LogP) is 1.65. The molecule has 0 radical (unpaired) electrons. The first-order valence-electron chi connectivity index (χ1n) is 8.05. The van der Waals surface area contributed by atoms with E-state index in [0.29, 0.717) is 19.5 Å². The van der Waals surface area contributed by atoms with E-state index in [0.717, 1.165) is 25.7 Å². The van der Waals surface area contributed by atoms with Crippen molar-refractivity contribution in [2.45, 2.75) is 59.3 Å². The summed E-state index contributed by atoms with van der Waals surface area (Å²) in [7, 11) is 0. The second-order valence-electron chi connectivity index (χ2n) is 6.48. The van der Waals surface area contributed by atoms with Crippen molar-refractivity contribution >= 4 is 17.6 Å². The van der Waals surface area contributed by atoms with E-state index in [9.17, 15) is 9.59 Å². The van der Waals surface area contributed by atoms with Crippen molar-refractivity contribution in [3.8, 4) is 6.19 Å². The van der Waals surface area contributed by atoms with Gasteiger partial charge in [0.15, 0.2) is 6.19 Å². The maximum atomic E-state index is 11.7. The van der Waals surface area contributed by atoms with Gasteiger partial charge in [0, 0.05) is 31.3 Å².